The van der Waals surface area contributed by atoms with E-state index in [9.17, 15) is 0 Å². The van der Waals surface area contributed by atoms with Gasteiger partial charge in [0.15, 0.2) is 0 Å². The molecule has 0 amide bonds. The summed E-state index contributed by atoms with van der Waals surface area (Å²) >= 11 is 0. The summed E-state index contributed by atoms with van der Waals surface area (Å²) in [4.78, 5) is 0. The Morgan fingerprint density at radius 1 is 1.39 bits per heavy atom. The third kappa shape index (κ3) is 2.76. The molecule has 2 unspecified atom stereocenters. The van der Waals surface area contributed by atoms with Crippen LogP contribution in [0.25, 0.3) is 0 Å². The standard InChI is InChI=1S/C16H26N2/c1-12-7-4-5-8-13(12)11-15(18-17)14-9-6-10-16(14,2)3/h4-5,7-8,14-15,18H,6,9-11,17H2,1-3H3. The van der Waals surface area contributed by atoms with Crippen LogP contribution in [-0.2, 0) is 6.42 Å². The van der Waals surface area contributed by atoms with E-state index in [2.05, 4.69) is 50.5 Å². The number of nitrogens with one attached hydrogen (secondary N) is 1. The Kier molecular flexibility index (Phi) is 4.08. The van der Waals surface area contributed by atoms with Gasteiger partial charge in [-0.05, 0) is 48.6 Å². The molecule has 0 bridgehead atoms. The molecule has 1 fully saturated rings. The van der Waals surface area contributed by atoms with Gasteiger partial charge in [0.2, 0.25) is 0 Å². The predicted molar refractivity (Wildman–Crippen MR) is 77.1 cm³/mol. The molecule has 0 aliphatic heterocycles. The summed E-state index contributed by atoms with van der Waals surface area (Å²) in [5, 5.41) is 0. The molecule has 2 atom stereocenters. The van der Waals surface area contributed by atoms with Crippen LogP contribution in [0, 0.1) is 18.3 Å². The van der Waals surface area contributed by atoms with Crippen molar-refractivity contribution in [3.63, 3.8) is 0 Å². The van der Waals surface area contributed by atoms with Crippen molar-refractivity contribution in [1.82, 2.24) is 5.43 Å². The first kappa shape index (κ1) is 13.6. The lowest BCUT2D eigenvalue weighted by molar-refractivity contribution is 0.196. The molecule has 1 saturated carbocycles. The lowest BCUT2D eigenvalue weighted by Crippen LogP contribution is -2.45. The van der Waals surface area contributed by atoms with Crippen LogP contribution >= 0.6 is 0 Å². The van der Waals surface area contributed by atoms with Crippen molar-refractivity contribution in [2.45, 2.75) is 52.5 Å². The summed E-state index contributed by atoms with van der Waals surface area (Å²) in [5.41, 5.74) is 6.28. The summed E-state index contributed by atoms with van der Waals surface area (Å²) in [7, 11) is 0. The van der Waals surface area contributed by atoms with Crippen molar-refractivity contribution in [3.8, 4) is 0 Å². The van der Waals surface area contributed by atoms with Gasteiger partial charge in [-0.15, -0.1) is 0 Å². The number of hydrogen-bond donors (Lipinski definition) is 2. The molecule has 0 heterocycles. The molecule has 2 heteroatoms. The fraction of sp³-hybridized carbons (Fsp3) is 0.625. The molecule has 0 aromatic heterocycles. The van der Waals surface area contributed by atoms with Crippen molar-refractivity contribution >= 4 is 0 Å². The van der Waals surface area contributed by atoms with Crippen LogP contribution in [-0.4, -0.2) is 6.04 Å². The second-order valence-corrected chi connectivity index (χ2v) is 6.39. The van der Waals surface area contributed by atoms with E-state index >= 15 is 0 Å². The minimum atomic E-state index is 0.392. The third-order valence-corrected chi connectivity index (χ3v) is 4.74. The largest absolute Gasteiger partial charge is 0.271 e. The van der Waals surface area contributed by atoms with E-state index in [1.807, 2.05) is 0 Å². The maximum Gasteiger partial charge on any atom is 0.0284 e. The minimum Gasteiger partial charge on any atom is -0.271 e. The first-order valence-electron chi connectivity index (χ1n) is 7.05. The number of nitrogens with two attached hydrogens (primary N) is 1. The van der Waals surface area contributed by atoms with E-state index < -0.39 is 0 Å². The third-order valence-electron chi connectivity index (χ3n) is 4.74. The molecule has 2 rings (SSSR count). The summed E-state index contributed by atoms with van der Waals surface area (Å²) < 4.78 is 0. The van der Waals surface area contributed by atoms with Crippen LogP contribution in [0.5, 0.6) is 0 Å². The molecule has 100 valence electrons. The quantitative estimate of drug-likeness (QED) is 0.632. The topological polar surface area (TPSA) is 38.0 Å². The van der Waals surface area contributed by atoms with Gasteiger partial charge in [0.05, 0.1) is 0 Å². The van der Waals surface area contributed by atoms with Gasteiger partial charge in [0, 0.05) is 6.04 Å². The van der Waals surface area contributed by atoms with Crippen molar-refractivity contribution in [3.05, 3.63) is 35.4 Å². The van der Waals surface area contributed by atoms with E-state index in [1.54, 1.807) is 0 Å². The normalized spacial score (nSPS) is 24.1. The number of aryl methyl sites for hydroxylation is 1. The Balaban J connectivity index is 2.13. The second kappa shape index (κ2) is 5.41. The predicted octanol–water partition coefficient (Wildman–Crippen LogP) is 3.20. The molecule has 1 aromatic carbocycles. The van der Waals surface area contributed by atoms with E-state index in [0.29, 0.717) is 17.4 Å². The lowest BCUT2D eigenvalue weighted by atomic mass is 9.76. The zero-order valence-corrected chi connectivity index (χ0v) is 11.9. The molecule has 0 saturated heterocycles. The van der Waals surface area contributed by atoms with E-state index in [1.165, 1.54) is 30.4 Å². The summed E-state index contributed by atoms with van der Waals surface area (Å²) in [6.07, 6.45) is 5.00. The van der Waals surface area contributed by atoms with Crippen molar-refractivity contribution < 1.29 is 0 Å². The molecular weight excluding hydrogens is 220 g/mol. The summed E-state index contributed by atoms with van der Waals surface area (Å²) in [6.45, 7) is 6.95. The highest BCUT2D eigenvalue weighted by molar-refractivity contribution is 5.26. The van der Waals surface area contributed by atoms with Crippen molar-refractivity contribution in [1.29, 1.82) is 0 Å². The van der Waals surface area contributed by atoms with Crippen molar-refractivity contribution in [2.75, 3.05) is 0 Å². The fourth-order valence-electron chi connectivity index (χ4n) is 3.49. The van der Waals surface area contributed by atoms with Gasteiger partial charge in [-0.1, -0.05) is 44.5 Å². The Labute approximate surface area is 111 Å². The zero-order valence-electron chi connectivity index (χ0n) is 11.9. The highest BCUT2D eigenvalue weighted by Gasteiger charge is 2.39. The average Bonchev–Trinajstić information content (AvgIpc) is 2.68. The van der Waals surface area contributed by atoms with Crippen molar-refractivity contribution in [2.24, 2.45) is 17.2 Å². The van der Waals surface area contributed by atoms with Crippen LogP contribution in [0.15, 0.2) is 24.3 Å². The highest BCUT2D eigenvalue weighted by Crippen LogP contribution is 2.44. The maximum atomic E-state index is 5.82. The Morgan fingerprint density at radius 2 is 2.11 bits per heavy atom. The molecule has 1 aromatic rings. The van der Waals surface area contributed by atoms with Gasteiger partial charge in [0.25, 0.3) is 0 Å². The summed E-state index contributed by atoms with van der Waals surface area (Å²) in [6, 6.07) is 9.02. The Bertz CT molecular complexity index is 398. The Hall–Kier alpha value is -0.860. The van der Waals surface area contributed by atoms with Gasteiger partial charge in [0.1, 0.15) is 0 Å². The van der Waals surface area contributed by atoms with Crippen LogP contribution in [0.1, 0.15) is 44.2 Å². The maximum absolute atomic E-state index is 5.82. The number of hydrogen-bond acceptors (Lipinski definition) is 2. The SMILES string of the molecule is Cc1ccccc1CC(NN)C1CCCC1(C)C. The van der Waals surface area contributed by atoms with Gasteiger partial charge in [-0.3, -0.25) is 11.3 Å². The van der Waals surface area contributed by atoms with Gasteiger partial charge in [-0.25, -0.2) is 0 Å². The molecule has 2 nitrogen and oxygen atoms in total. The number of benzene rings is 1. The molecule has 18 heavy (non-hydrogen) atoms. The molecule has 0 spiro atoms. The zero-order chi connectivity index (χ0) is 13.2. The molecule has 1 aliphatic rings. The van der Waals surface area contributed by atoms with Crippen LogP contribution in [0.4, 0.5) is 0 Å². The minimum absolute atomic E-state index is 0.392. The molecule has 3 N–H and O–H groups in total. The number of hydrazine groups is 1. The molecular formula is C16H26N2. The summed E-state index contributed by atoms with van der Waals surface area (Å²) in [5.74, 6) is 6.50. The number of rotatable bonds is 4. The van der Waals surface area contributed by atoms with E-state index in [0.717, 1.165) is 6.42 Å². The smallest absolute Gasteiger partial charge is 0.0284 e. The average molecular weight is 246 g/mol. The van der Waals surface area contributed by atoms with E-state index in [4.69, 9.17) is 5.84 Å². The van der Waals surface area contributed by atoms with Gasteiger partial charge in [-0.2, -0.15) is 0 Å². The van der Waals surface area contributed by atoms with Crippen LogP contribution in [0.2, 0.25) is 0 Å². The van der Waals surface area contributed by atoms with Crippen LogP contribution in [0.3, 0.4) is 0 Å². The lowest BCUT2D eigenvalue weighted by Gasteiger charge is -2.34. The van der Waals surface area contributed by atoms with Gasteiger partial charge < -0.3 is 0 Å². The Morgan fingerprint density at radius 3 is 2.67 bits per heavy atom. The highest BCUT2D eigenvalue weighted by atomic mass is 15.2. The fourth-order valence-corrected chi connectivity index (χ4v) is 3.49. The van der Waals surface area contributed by atoms with E-state index in [-0.39, 0.29) is 0 Å². The monoisotopic (exact) mass is 246 g/mol. The van der Waals surface area contributed by atoms with Gasteiger partial charge >= 0.3 is 0 Å². The second-order valence-electron chi connectivity index (χ2n) is 6.39. The first-order chi connectivity index (χ1) is 8.54. The van der Waals surface area contributed by atoms with Crippen LogP contribution < -0.4 is 11.3 Å². The molecule has 0 radical (unpaired) electrons. The molecule has 1 aliphatic carbocycles. The first-order valence-corrected chi connectivity index (χ1v) is 7.05.